The molecule has 0 aromatic rings. The van der Waals surface area contributed by atoms with Gasteiger partial charge in [0, 0.05) is 69.6 Å². The molecular formula is C40H60Br2N2O24. The molecule has 28 heteroatoms. The Bertz CT molecular complexity index is 1670. The second-order valence-electron chi connectivity index (χ2n) is 15.0. The molecule has 2 heterocycles. The van der Waals surface area contributed by atoms with E-state index in [0.29, 0.717) is 0 Å². The maximum atomic E-state index is 12.2. The zero-order valence-corrected chi connectivity index (χ0v) is 43.1. The van der Waals surface area contributed by atoms with Crippen LogP contribution < -0.4 is 10.6 Å². The summed E-state index contributed by atoms with van der Waals surface area (Å²) in [7, 11) is 4.85. The highest BCUT2D eigenvalue weighted by molar-refractivity contribution is 9.10. The van der Waals surface area contributed by atoms with Crippen molar-refractivity contribution < 1.29 is 114 Å². The van der Waals surface area contributed by atoms with Crippen molar-refractivity contribution in [3.8, 4) is 0 Å². The molecule has 0 aliphatic carbocycles. The highest BCUT2D eigenvalue weighted by Crippen LogP contribution is 2.35. The third-order valence-electron chi connectivity index (χ3n) is 9.14. The van der Waals surface area contributed by atoms with E-state index in [2.05, 4.69) is 42.5 Å². The number of ether oxygens (including phenoxy) is 14. The standard InChI is InChI=1S/2C20H30BrNO12/c2*1-9(23)22-14-16(32-12(4)26)15(31-11(3)25)13(8-30-10(2)24)33-17(14)34-19(29-7)20(5,21)18(27)28-6/h2*13-17,19H,8H2,1-7H3,(H,22,23)/t2*13-,14-,15-,16-,17+,19-,20+/m11/s1. The number of hydrogen-bond donors (Lipinski definition) is 2. The predicted octanol–water partition coefficient (Wildman–Crippen LogP) is -0.0836. The summed E-state index contributed by atoms with van der Waals surface area (Å²) < 4.78 is 72.0. The van der Waals surface area contributed by atoms with Crippen molar-refractivity contribution >= 4 is 91.4 Å². The number of methoxy groups -OCH3 is 4. The molecule has 0 saturated carbocycles. The second-order valence-corrected chi connectivity index (χ2v) is 18.3. The van der Waals surface area contributed by atoms with Gasteiger partial charge in [-0.25, -0.2) is 0 Å². The Balaban J connectivity index is 0.000000680. The van der Waals surface area contributed by atoms with E-state index in [1.807, 2.05) is 0 Å². The van der Waals surface area contributed by atoms with Crippen LogP contribution in [0.3, 0.4) is 0 Å². The number of hydrogen-bond acceptors (Lipinski definition) is 24. The molecule has 2 fully saturated rings. The molecule has 68 heavy (non-hydrogen) atoms. The molecular weight excluding hydrogens is 1050 g/mol. The normalized spacial score (nSPS) is 26.9. The monoisotopic (exact) mass is 1110 g/mol. The van der Waals surface area contributed by atoms with E-state index in [9.17, 15) is 47.9 Å². The number of esters is 8. The third kappa shape index (κ3) is 18.7. The number of rotatable bonds is 20. The van der Waals surface area contributed by atoms with E-state index < -0.39 is 155 Å². The van der Waals surface area contributed by atoms with Gasteiger partial charge in [0.2, 0.25) is 11.8 Å². The van der Waals surface area contributed by atoms with Gasteiger partial charge in [0.25, 0.3) is 0 Å². The van der Waals surface area contributed by atoms with E-state index in [1.165, 1.54) is 56.1 Å². The summed E-state index contributed by atoms with van der Waals surface area (Å²) in [6.07, 6.45) is -13.1. The Morgan fingerprint density at radius 3 is 0.985 bits per heavy atom. The van der Waals surface area contributed by atoms with Gasteiger partial charge in [0.15, 0.2) is 58.2 Å². The van der Waals surface area contributed by atoms with Crippen LogP contribution in [0.4, 0.5) is 0 Å². The third-order valence-corrected chi connectivity index (χ3v) is 10.5. The van der Waals surface area contributed by atoms with Crippen LogP contribution in [0.1, 0.15) is 69.2 Å². The van der Waals surface area contributed by atoms with Gasteiger partial charge in [-0.05, 0) is 13.8 Å². The molecule has 0 radical (unpaired) electrons. The Hall–Kier alpha value is -4.58. The maximum Gasteiger partial charge on any atom is 0.327 e. The summed E-state index contributed by atoms with van der Waals surface area (Å²) in [6, 6.07) is -2.45. The fraction of sp³-hybridized carbons (Fsp3) is 0.750. The molecule has 0 bridgehead atoms. The molecule has 2 amide bonds. The van der Waals surface area contributed by atoms with E-state index in [1.54, 1.807) is 0 Å². The largest absolute Gasteiger partial charge is 0.468 e. The summed E-state index contributed by atoms with van der Waals surface area (Å²) in [6.45, 7) is 11.2. The highest BCUT2D eigenvalue weighted by atomic mass is 79.9. The van der Waals surface area contributed by atoms with Crippen molar-refractivity contribution in [1.29, 1.82) is 0 Å². The van der Waals surface area contributed by atoms with E-state index in [-0.39, 0.29) is 0 Å². The van der Waals surface area contributed by atoms with Crippen molar-refractivity contribution in [2.45, 2.75) is 152 Å². The predicted molar refractivity (Wildman–Crippen MR) is 230 cm³/mol. The van der Waals surface area contributed by atoms with Crippen LogP contribution in [0, 0.1) is 0 Å². The fourth-order valence-electron chi connectivity index (χ4n) is 6.46. The maximum absolute atomic E-state index is 12.2. The number of alkyl halides is 2. The first-order valence-electron chi connectivity index (χ1n) is 20.2. The molecule has 26 nitrogen and oxygen atoms in total. The van der Waals surface area contributed by atoms with E-state index in [4.69, 9.17) is 66.3 Å². The zero-order valence-electron chi connectivity index (χ0n) is 39.9. The van der Waals surface area contributed by atoms with Gasteiger partial charge < -0.3 is 76.9 Å². The molecule has 2 rings (SSSR count). The van der Waals surface area contributed by atoms with Crippen molar-refractivity contribution in [2.75, 3.05) is 41.7 Å². The van der Waals surface area contributed by atoms with Crippen molar-refractivity contribution in [2.24, 2.45) is 0 Å². The first-order valence-corrected chi connectivity index (χ1v) is 21.8. The van der Waals surface area contributed by atoms with Crippen LogP contribution in [-0.2, 0) is 114 Å². The number of amides is 2. The Labute approximate surface area is 408 Å². The van der Waals surface area contributed by atoms with Gasteiger partial charge in [-0.3, -0.25) is 47.9 Å². The van der Waals surface area contributed by atoms with E-state index >= 15 is 0 Å². The molecule has 2 N–H and O–H groups in total. The molecule has 14 atom stereocenters. The Morgan fingerprint density at radius 1 is 0.485 bits per heavy atom. The molecule has 2 saturated heterocycles. The molecule has 0 aromatic carbocycles. The van der Waals surface area contributed by atoms with Crippen molar-refractivity contribution in [3.05, 3.63) is 0 Å². The molecule has 2 aliphatic rings. The second kappa shape index (κ2) is 28.2. The SMILES string of the molecule is COC(=O)[C@](C)(Br)[C@H](OC)O[C@@H]1O[C@H](COC(C)=O)[C@@H](OC(C)=O)[C@H](OC(C)=O)[C@H]1NC(C)=O.COC(=O)[C@](C)(Br)[C@H](OC)O[C@@H]1O[C@H](COC(C)=O)[C@@H](OC(C)=O)[C@H](OC(C)=O)[C@H]1NC(C)=O. The molecule has 0 unspecified atom stereocenters. The lowest BCUT2D eigenvalue weighted by atomic mass is 9.96. The number of carbonyl (C=O) groups excluding carboxylic acids is 10. The van der Waals surface area contributed by atoms with Crippen molar-refractivity contribution in [3.63, 3.8) is 0 Å². The first-order chi connectivity index (χ1) is 31.5. The lowest BCUT2D eigenvalue weighted by molar-refractivity contribution is -0.316. The lowest BCUT2D eigenvalue weighted by Crippen LogP contribution is -2.67. The van der Waals surface area contributed by atoms with Gasteiger partial charge in [0.1, 0.15) is 37.5 Å². The highest BCUT2D eigenvalue weighted by Gasteiger charge is 2.55. The molecule has 388 valence electrons. The fourth-order valence-corrected chi connectivity index (χ4v) is 7.37. The summed E-state index contributed by atoms with van der Waals surface area (Å²) >= 11 is 6.41. The summed E-state index contributed by atoms with van der Waals surface area (Å²) in [4.78, 5) is 119. The van der Waals surface area contributed by atoms with E-state index in [0.717, 1.165) is 41.5 Å². The summed E-state index contributed by atoms with van der Waals surface area (Å²) in [5.41, 5.74) is 0. The van der Waals surface area contributed by atoms with Crippen molar-refractivity contribution in [1.82, 2.24) is 10.6 Å². The Morgan fingerprint density at radius 2 is 0.765 bits per heavy atom. The zero-order chi connectivity index (χ0) is 52.4. The topological polar surface area (TPSA) is 324 Å². The van der Waals surface area contributed by atoms with Crippen LogP contribution in [0.15, 0.2) is 0 Å². The van der Waals surface area contributed by atoms with Gasteiger partial charge >= 0.3 is 47.8 Å². The quantitative estimate of drug-likeness (QED) is 0.0697. The number of nitrogens with one attached hydrogen (secondary N) is 2. The summed E-state index contributed by atoms with van der Waals surface area (Å²) in [5.74, 6) is -6.88. The van der Waals surface area contributed by atoms with Crippen LogP contribution in [0.2, 0.25) is 0 Å². The van der Waals surface area contributed by atoms with Gasteiger partial charge in [-0.1, -0.05) is 31.9 Å². The molecule has 0 spiro atoms. The van der Waals surface area contributed by atoms with Gasteiger partial charge in [0.05, 0.1) is 14.2 Å². The van der Waals surface area contributed by atoms with Crippen LogP contribution in [0.25, 0.3) is 0 Å². The number of halogens is 2. The molecule has 2 aliphatic heterocycles. The summed E-state index contributed by atoms with van der Waals surface area (Å²) in [5, 5.41) is 5.10. The van der Waals surface area contributed by atoms with Crippen LogP contribution in [-0.4, -0.2) is 184 Å². The van der Waals surface area contributed by atoms with Crippen LogP contribution >= 0.6 is 31.9 Å². The molecule has 0 aromatic heterocycles. The van der Waals surface area contributed by atoms with Crippen LogP contribution in [0.5, 0.6) is 0 Å². The average Bonchev–Trinajstić information content (AvgIpc) is 3.22. The Kier molecular flexibility index (Phi) is 25.5. The smallest absolute Gasteiger partial charge is 0.327 e. The minimum Gasteiger partial charge on any atom is -0.468 e. The number of carbonyl (C=O) groups is 10. The van der Waals surface area contributed by atoms with Gasteiger partial charge in [-0.2, -0.15) is 0 Å². The minimum absolute atomic E-state index is 0.405. The average molecular weight is 1110 g/mol. The lowest BCUT2D eigenvalue weighted by Gasteiger charge is -2.46. The van der Waals surface area contributed by atoms with Gasteiger partial charge in [-0.15, -0.1) is 0 Å². The first kappa shape index (κ1) is 61.4. The minimum atomic E-state index is -1.52.